The monoisotopic (exact) mass is 373 g/mol. The van der Waals surface area contributed by atoms with Crippen molar-refractivity contribution in [3.8, 4) is 0 Å². The van der Waals surface area contributed by atoms with Crippen LogP contribution in [0.1, 0.15) is 10.4 Å². The number of primary amides is 1. The van der Waals surface area contributed by atoms with Gasteiger partial charge in [0.25, 0.3) is 5.91 Å². The summed E-state index contributed by atoms with van der Waals surface area (Å²) < 4.78 is 0.786. The van der Waals surface area contributed by atoms with Crippen molar-refractivity contribution in [2.45, 2.75) is 5.16 Å². The molecule has 0 fully saturated rings. The minimum absolute atomic E-state index is 0.0160. The molecule has 0 radical (unpaired) electrons. The third-order valence-electron chi connectivity index (χ3n) is 2.24. The topological polar surface area (TPSA) is 93.8 Å². The van der Waals surface area contributed by atoms with E-state index in [1.807, 2.05) is 0 Å². The van der Waals surface area contributed by atoms with E-state index in [1.54, 1.807) is 24.7 Å². The van der Waals surface area contributed by atoms with Crippen molar-refractivity contribution in [2.75, 3.05) is 11.6 Å². The zero-order valence-electron chi connectivity index (χ0n) is 10.2. The molecule has 2 heterocycles. The Bertz CT molecular complexity index is 669. The van der Waals surface area contributed by atoms with E-state index in [0.29, 0.717) is 10.8 Å². The first-order chi connectivity index (χ1) is 9.51. The molecule has 0 bridgehead atoms. The van der Waals surface area contributed by atoms with E-state index in [9.17, 15) is 4.79 Å². The second-order valence-corrected chi connectivity index (χ2v) is 5.65. The molecule has 1 amide bonds. The highest BCUT2D eigenvalue weighted by atomic mass is 79.9. The van der Waals surface area contributed by atoms with Gasteiger partial charge in [0.15, 0.2) is 5.16 Å². The molecular formula is C11H9BrClN5OS. The molecule has 0 unspecified atom stereocenters. The van der Waals surface area contributed by atoms with Crippen LogP contribution < -0.4 is 11.1 Å². The number of amides is 1. The number of carbonyl (C=O) groups is 1. The van der Waals surface area contributed by atoms with E-state index in [4.69, 9.17) is 17.3 Å². The fourth-order valence-corrected chi connectivity index (χ4v) is 2.47. The lowest BCUT2D eigenvalue weighted by Crippen LogP contribution is -2.16. The molecule has 2 aromatic heterocycles. The normalized spacial score (nSPS) is 10.3. The average molecular weight is 375 g/mol. The molecule has 0 atom stereocenters. The number of thioether (sulfide) groups is 1. The Morgan fingerprint density at radius 3 is 2.80 bits per heavy atom. The summed E-state index contributed by atoms with van der Waals surface area (Å²) in [7, 11) is 0. The van der Waals surface area contributed by atoms with Gasteiger partial charge in [-0.3, -0.25) is 9.78 Å². The van der Waals surface area contributed by atoms with Crippen LogP contribution in [0.3, 0.4) is 0 Å². The smallest absolute Gasteiger partial charge is 0.255 e. The van der Waals surface area contributed by atoms with Crippen molar-refractivity contribution in [3.05, 3.63) is 33.6 Å². The number of nitrogens with zero attached hydrogens (tertiary/aromatic N) is 3. The van der Waals surface area contributed by atoms with Crippen molar-refractivity contribution in [1.29, 1.82) is 0 Å². The predicted octanol–water partition coefficient (Wildman–Crippen LogP) is 2.85. The maximum absolute atomic E-state index is 11.5. The number of anilines is 2. The summed E-state index contributed by atoms with van der Waals surface area (Å²) in [4.78, 5) is 23.7. The Balaban J connectivity index is 2.48. The quantitative estimate of drug-likeness (QED) is 0.485. The standard InChI is InChI=1S/C11H9BrClN5OS/c1-20-11-17-8(13)7(9(14)19)10(18-11)16-6-2-5(12)3-15-4-6/h2-4H,1H3,(H2,14,19)(H,16,17,18). The van der Waals surface area contributed by atoms with Crippen LogP contribution in [0.5, 0.6) is 0 Å². The fourth-order valence-electron chi connectivity index (χ4n) is 1.43. The SMILES string of the molecule is CSc1nc(Cl)c(C(N)=O)c(Nc2cncc(Br)c2)n1. The van der Waals surface area contributed by atoms with Gasteiger partial charge in [0.1, 0.15) is 16.5 Å². The molecule has 0 aliphatic carbocycles. The first-order valence-corrected chi connectivity index (χ1v) is 7.69. The Morgan fingerprint density at radius 1 is 1.45 bits per heavy atom. The number of rotatable bonds is 4. The third-order valence-corrected chi connectivity index (χ3v) is 3.50. The molecule has 3 N–H and O–H groups in total. The first-order valence-electron chi connectivity index (χ1n) is 5.30. The molecule has 0 spiro atoms. The summed E-state index contributed by atoms with van der Waals surface area (Å²) in [5.41, 5.74) is 6.00. The Labute approximate surface area is 132 Å². The van der Waals surface area contributed by atoms with E-state index < -0.39 is 5.91 Å². The minimum atomic E-state index is -0.701. The van der Waals surface area contributed by atoms with Crippen molar-refractivity contribution in [1.82, 2.24) is 15.0 Å². The summed E-state index contributed by atoms with van der Waals surface area (Å²) in [5, 5.41) is 3.42. The molecule has 0 aliphatic heterocycles. The van der Waals surface area contributed by atoms with Gasteiger partial charge in [-0.25, -0.2) is 9.97 Å². The van der Waals surface area contributed by atoms with Crippen LogP contribution in [0, 0.1) is 0 Å². The van der Waals surface area contributed by atoms with Crippen LogP contribution in [0.2, 0.25) is 5.15 Å². The highest BCUT2D eigenvalue weighted by molar-refractivity contribution is 9.10. The average Bonchev–Trinajstić information content (AvgIpc) is 2.37. The third kappa shape index (κ3) is 3.38. The second-order valence-electron chi connectivity index (χ2n) is 3.61. The van der Waals surface area contributed by atoms with Gasteiger partial charge < -0.3 is 11.1 Å². The number of hydrogen-bond donors (Lipinski definition) is 2. The zero-order valence-corrected chi connectivity index (χ0v) is 13.4. The molecular weight excluding hydrogens is 366 g/mol. The molecule has 9 heteroatoms. The Morgan fingerprint density at radius 2 is 2.20 bits per heavy atom. The van der Waals surface area contributed by atoms with Crippen molar-refractivity contribution >= 4 is 56.7 Å². The molecule has 0 aliphatic rings. The first kappa shape index (κ1) is 15.0. The van der Waals surface area contributed by atoms with Crippen LogP contribution >= 0.6 is 39.3 Å². The number of carbonyl (C=O) groups excluding carboxylic acids is 1. The van der Waals surface area contributed by atoms with Gasteiger partial charge in [-0.05, 0) is 28.3 Å². The van der Waals surface area contributed by atoms with E-state index >= 15 is 0 Å². The summed E-state index contributed by atoms with van der Waals surface area (Å²) in [6.45, 7) is 0. The fraction of sp³-hybridized carbons (Fsp3) is 0.0909. The van der Waals surface area contributed by atoms with Gasteiger partial charge in [0, 0.05) is 10.7 Å². The van der Waals surface area contributed by atoms with E-state index in [2.05, 4.69) is 36.2 Å². The molecule has 2 rings (SSSR count). The van der Waals surface area contributed by atoms with Gasteiger partial charge in [-0.2, -0.15) is 0 Å². The lowest BCUT2D eigenvalue weighted by Gasteiger charge is -2.11. The largest absolute Gasteiger partial charge is 0.365 e. The van der Waals surface area contributed by atoms with E-state index in [0.717, 1.165) is 4.47 Å². The number of nitrogens with one attached hydrogen (secondary N) is 1. The van der Waals surface area contributed by atoms with Crippen LogP contribution in [-0.4, -0.2) is 27.1 Å². The van der Waals surface area contributed by atoms with Gasteiger partial charge >= 0.3 is 0 Å². The zero-order chi connectivity index (χ0) is 14.7. The van der Waals surface area contributed by atoms with Crippen LogP contribution in [0.15, 0.2) is 28.1 Å². The molecule has 0 saturated heterocycles. The van der Waals surface area contributed by atoms with Gasteiger partial charge in [0.2, 0.25) is 0 Å². The number of hydrogen-bond acceptors (Lipinski definition) is 6. The molecule has 104 valence electrons. The van der Waals surface area contributed by atoms with Gasteiger partial charge in [-0.1, -0.05) is 23.4 Å². The minimum Gasteiger partial charge on any atom is -0.365 e. The van der Waals surface area contributed by atoms with Crippen molar-refractivity contribution in [2.24, 2.45) is 5.73 Å². The summed E-state index contributed by atoms with van der Waals surface area (Å²) >= 11 is 10.6. The maximum Gasteiger partial charge on any atom is 0.255 e. The van der Waals surface area contributed by atoms with Gasteiger partial charge in [-0.15, -0.1) is 0 Å². The summed E-state index contributed by atoms with van der Waals surface area (Å²) in [6, 6.07) is 1.78. The number of pyridine rings is 1. The van der Waals surface area contributed by atoms with Crippen LogP contribution in [0.4, 0.5) is 11.5 Å². The number of nitrogens with two attached hydrogens (primary N) is 1. The lowest BCUT2D eigenvalue weighted by molar-refractivity contribution is 0.100. The van der Waals surface area contributed by atoms with E-state index in [-0.39, 0.29) is 16.5 Å². The summed E-state index contributed by atoms with van der Waals surface area (Å²) in [5.74, 6) is -0.449. The summed E-state index contributed by atoms with van der Waals surface area (Å²) in [6.07, 6.45) is 5.03. The molecule has 0 saturated carbocycles. The highest BCUT2D eigenvalue weighted by Crippen LogP contribution is 2.27. The number of aromatic nitrogens is 3. The lowest BCUT2D eigenvalue weighted by atomic mass is 10.3. The van der Waals surface area contributed by atoms with Crippen LogP contribution in [0.25, 0.3) is 0 Å². The molecule has 6 nitrogen and oxygen atoms in total. The van der Waals surface area contributed by atoms with Crippen LogP contribution in [-0.2, 0) is 0 Å². The van der Waals surface area contributed by atoms with E-state index in [1.165, 1.54) is 11.8 Å². The molecule has 2 aromatic rings. The highest BCUT2D eigenvalue weighted by Gasteiger charge is 2.18. The van der Waals surface area contributed by atoms with Crippen molar-refractivity contribution < 1.29 is 4.79 Å². The number of halogens is 2. The second kappa shape index (κ2) is 6.38. The Kier molecular flexibility index (Phi) is 4.79. The Hall–Kier alpha value is -1.38. The predicted molar refractivity (Wildman–Crippen MR) is 82.6 cm³/mol. The molecule has 20 heavy (non-hydrogen) atoms. The van der Waals surface area contributed by atoms with Crippen molar-refractivity contribution in [3.63, 3.8) is 0 Å². The van der Waals surface area contributed by atoms with Gasteiger partial charge in [0.05, 0.1) is 11.9 Å². The maximum atomic E-state index is 11.5. The molecule has 0 aromatic carbocycles.